The van der Waals surface area contributed by atoms with Crippen molar-refractivity contribution < 1.29 is 14.3 Å². The minimum Gasteiger partial charge on any atom is -0.497 e. The van der Waals surface area contributed by atoms with Gasteiger partial charge in [-0.1, -0.05) is 36.4 Å². The van der Waals surface area contributed by atoms with Crippen molar-refractivity contribution in [2.24, 2.45) is 0 Å². The summed E-state index contributed by atoms with van der Waals surface area (Å²) in [5, 5.41) is 2.63. The molecule has 0 unspecified atom stereocenters. The van der Waals surface area contributed by atoms with E-state index in [9.17, 15) is 9.59 Å². The SMILES string of the molecule is COc1cccc(NC(=O)C(=O)N(Cc2ccccc2)C(C)C)c1. The topological polar surface area (TPSA) is 58.6 Å². The number of benzene rings is 2. The van der Waals surface area contributed by atoms with Gasteiger partial charge in [-0.05, 0) is 31.5 Å². The van der Waals surface area contributed by atoms with E-state index in [2.05, 4.69) is 5.32 Å². The maximum Gasteiger partial charge on any atom is 0.313 e. The summed E-state index contributed by atoms with van der Waals surface area (Å²) in [6.45, 7) is 4.17. The lowest BCUT2D eigenvalue weighted by atomic mass is 10.2. The summed E-state index contributed by atoms with van der Waals surface area (Å²) in [6, 6.07) is 16.4. The van der Waals surface area contributed by atoms with E-state index in [-0.39, 0.29) is 6.04 Å². The second-order valence-corrected chi connectivity index (χ2v) is 5.70. The number of nitrogens with zero attached hydrogens (tertiary/aromatic N) is 1. The molecule has 24 heavy (non-hydrogen) atoms. The van der Waals surface area contributed by atoms with E-state index in [0.717, 1.165) is 5.56 Å². The van der Waals surface area contributed by atoms with Crippen LogP contribution in [0.4, 0.5) is 5.69 Å². The fraction of sp³-hybridized carbons (Fsp3) is 0.263. The molecule has 0 saturated heterocycles. The van der Waals surface area contributed by atoms with Crippen LogP contribution in [0.15, 0.2) is 54.6 Å². The predicted octanol–water partition coefficient (Wildman–Crippen LogP) is 3.07. The Kier molecular flexibility index (Phi) is 5.95. The molecule has 5 nitrogen and oxygen atoms in total. The van der Waals surface area contributed by atoms with Crippen molar-refractivity contribution >= 4 is 17.5 Å². The minimum absolute atomic E-state index is 0.0891. The standard InChI is InChI=1S/C19H22N2O3/c1-14(2)21(13-15-8-5-4-6-9-15)19(23)18(22)20-16-10-7-11-17(12-16)24-3/h4-12,14H,13H2,1-3H3,(H,20,22). The van der Waals surface area contributed by atoms with Gasteiger partial charge in [0.15, 0.2) is 0 Å². The maximum atomic E-state index is 12.5. The van der Waals surface area contributed by atoms with Crippen LogP contribution in [0.5, 0.6) is 5.75 Å². The second kappa shape index (κ2) is 8.15. The van der Waals surface area contributed by atoms with Gasteiger partial charge >= 0.3 is 11.8 Å². The first-order valence-corrected chi connectivity index (χ1v) is 7.81. The Balaban J connectivity index is 2.09. The molecule has 0 fully saturated rings. The van der Waals surface area contributed by atoms with Gasteiger partial charge in [0.25, 0.3) is 0 Å². The first-order valence-electron chi connectivity index (χ1n) is 7.81. The molecule has 2 rings (SSSR count). The van der Waals surface area contributed by atoms with Crippen molar-refractivity contribution in [3.05, 3.63) is 60.2 Å². The van der Waals surface area contributed by atoms with Crippen LogP contribution in [0.25, 0.3) is 0 Å². The van der Waals surface area contributed by atoms with Gasteiger partial charge < -0.3 is 15.0 Å². The number of ether oxygens (including phenoxy) is 1. The first kappa shape index (κ1) is 17.5. The molecule has 0 aliphatic rings. The lowest BCUT2D eigenvalue weighted by Crippen LogP contribution is -2.43. The van der Waals surface area contributed by atoms with Crippen molar-refractivity contribution in [2.75, 3.05) is 12.4 Å². The molecule has 0 heterocycles. The van der Waals surface area contributed by atoms with Crippen LogP contribution in [0.1, 0.15) is 19.4 Å². The van der Waals surface area contributed by atoms with Crippen molar-refractivity contribution in [1.29, 1.82) is 0 Å². The molecule has 5 heteroatoms. The van der Waals surface area contributed by atoms with Gasteiger partial charge in [0.2, 0.25) is 0 Å². The van der Waals surface area contributed by atoms with E-state index < -0.39 is 11.8 Å². The third-order valence-corrected chi connectivity index (χ3v) is 3.60. The Hall–Kier alpha value is -2.82. The van der Waals surface area contributed by atoms with E-state index in [1.54, 1.807) is 36.3 Å². The van der Waals surface area contributed by atoms with Crippen LogP contribution in [-0.2, 0) is 16.1 Å². The Bertz CT molecular complexity index is 699. The van der Waals surface area contributed by atoms with E-state index in [4.69, 9.17) is 4.74 Å². The molecule has 0 aliphatic carbocycles. The summed E-state index contributed by atoms with van der Waals surface area (Å²) in [4.78, 5) is 26.4. The third-order valence-electron chi connectivity index (χ3n) is 3.60. The molecule has 0 saturated carbocycles. The molecule has 2 aromatic rings. The second-order valence-electron chi connectivity index (χ2n) is 5.70. The van der Waals surface area contributed by atoms with E-state index in [0.29, 0.717) is 18.0 Å². The number of nitrogens with one attached hydrogen (secondary N) is 1. The molecule has 126 valence electrons. The van der Waals surface area contributed by atoms with Crippen LogP contribution < -0.4 is 10.1 Å². The Labute approximate surface area is 142 Å². The Morgan fingerprint density at radius 2 is 1.79 bits per heavy atom. The first-order chi connectivity index (χ1) is 11.5. The third kappa shape index (κ3) is 4.59. The van der Waals surface area contributed by atoms with Gasteiger partial charge in [0, 0.05) is 24.3 Å². The smallest absolute Gasteiger partial charge is 0.313 e. The van der Waals surface area contributed by atoms with Crippen molar-refractivity contribution in [2.45, 2.75) is 26.4 Å². The number of anilines is 1. The summed E-state index contributed by atoms with van der Waals surface area (Å²) in [5.41, 5.74) is 1.50. The zero-order valence-corrected chi connectivity index (χ0v) is 14.2. The van der Waals surface area contributed by atoms with Crippen molar-refractivity contribution in [1.82, 2.24) is 4.90 Å². The highest BCUT2D eigenvalue weighted by molar-refractivity contribution is 6.39. The molecule has 0 aliphatic heterocycles. The number of hydrogen-bond donors (Lipinski definition) is 1. The minimum atomic E-state index is -0.659. The fourth-order valence-electron chi connectivity index (χ4n) is 2.28. The largest absolute Gasteiger partial charge is 0.497 e. The molecular weight excluding hydrogens is 304 g/mol. The number of rotatable bonds is 5. The Morgan fingerprint density at radius 3 is 2.42 bits per heavy atom. The molecule has 1 N–H and O–H groups in total. The van der Waals surface area contributed by atoms with Crippen LogP contribution in [0, 0.1) is 0 Å². The lowest BCUT2D eigenvalue weighted by molar-refractivity contribution is -0.144. The van der Waals surface area contributed by atoms with Crippen molar-refractivity contribution in [3.8, 4) is 5.75 Å². The number of hydrogen-bond acceptors (Lipinski definition) is 3. The van der Waals surface area contributed by atoms with Crippen LogP contribution in [0.2, 0.25) is 0 Å². The summed E-state index contributed by atoms with van der Waals surface area (Å²) in [7, 11) is 1.55. The highest BCUT2D eigenvalue weighted by Crippen LogP contribution is 2.17. The highest BCUT2D eigenvalue weighted by Gasteiger charge is 2.24. The fourth-order valence-corrected chi connectivity index (χ4v) is 2.28. The number of amides is 2. The van der Waals surface area contributed by atoms with Gasteiger partial charge in [-0.15, -0.1) is 0 Å². The molecule has 0 aromatic heterocycles. The summed E-state index contributed by atoms with van der Waals surface area (Å²) >= 11 is 0. The van der Waals surface area contributed by atoms with E-state index in [1.807, 2.05) is 44.2 Å². The molecule has 0 spiro atoms. The van der Waals surface area contributed by atoms with E-state index in [1.165, 1.54) is 0 Å². The summed E-state index contributed by atoms with van der Waals surface area (Å²) in [5.74, 6) is -0.602. The molecular formula is C19H22N2O3. The van der Waals surface area contributed by atoms with Gasteiger partial charge in [0.1, 0.15) is 5.75 Å². The van der Waals surface area contributed by atoms with E-state index >= 15 is 0 Å². The highest BCUT2D eigenvalue weighted by atomic mass is 16.5. The van der Waals surface area contributed by atoms with Crippen LogP contribution in [-0.4, -0.2) is 29.9 Å². The molecule has 0 radical (unpaired) electrons. The van der Waals surface area contributed by atoms with Gasteiger partial charge in [-0.2, -0.15) is 0 Å². The van der Waals surface area contributed by atoms with Gasteiger partial charge in [-0.3, -0.25) is 9.59 Å². The van der Waals surface area contributed by atoms with Crippen LogP contribution in [0.3, 0.4) is 0 Å². The molecule has 2 amide bonds. The van der Waals surface area contributed by atoms with Gasteiger partial charge in [-0.25, -0.2) is 0 Å². The Morgan fingerprint density at radius 1 is 1.08 bits per heavy atom. The average Bonchev–Trinajstić information content (AvgIpc) is 2.59. The number of carbonyl (C=O) groups is 2. The zero-order chi connectivity index (χ0) is 17.5. The maximum absolute atomic E-state index is 12.5. The molecule has 0 atom stereocenters. The summed E-state index contributed by atoms with van der Waals surface area (Å²) in [6.07, 6.45) is 0. The predicted molar refractivity (Wildman–Crippen MR) is 93.8 cm³/mol. The zero-order valence-electron chi connectivity index (χ0n) is 14.2. The quantitative estimate of drug-likeness (QED) is 0.859. The number of carbonyl (C=O) groups excluding carboxylic acids is 2. The van der Waals surface area contributed by atoms with Crippen LogP contribution >= 0.6 is 0 Å². The molecule has 2 aromatic carbocycles. The average molecular weight is 326 g/mol. The monoisotopic (exact) mass is 326 g/mol. The molecule has 0 bridgehead atoms. The van der Waals surface area contributed by atoms with Crippen molar-refractivity contribution in [3.63, 3.8) is 0 Å². The normalized spacial score (nSPS) is 10.3. The summed E-state index contributed by atoms with van der Waals surface area (Å²) < 4.78 is 5.11. The number of methoxy groups -OCH3 is 1. The van der Waals surface area contributed by atoms with Gasteiger partial charge in [0.05, 0.1) is 7.11 Å². The lowest BCUT2D eigenvalue weighted by Gasteiger charge is -2.26.